The van der Waals surface area contributed by atoms with Crippen molar-refractivity contribution in [3.05, 3.63) is 16.7 Å². The number of carbonyl (C=O) groups excluding carboxylic acids is 1. The van der Waals surface area contributed by atoms with Crippen molar-refractivity contribution in [2.45, 2.75) is 77.2 Å². The van der Waals surface area contributed by atoms with Crippen LogP contribution in [0, 0.1) is 5.92 Å². The van der Waals surface area contributed by atoms with Gasteiger partial charge in [-0.2, -0.15) is 4.98 Å². The number of nitrogens with zero attached hydrogens (tertiary/aromatic N) is 3. The molecule has 32 heavy (non-hydrogen) atoms. The molecule has 2 aromatic rings. The van der Waals surface area contributed by atoms with E-state index in [1.807, 2.05) is 0 Å². The molecule has 5 N–H and O–H groups in total. The number of hydrogen-bond acceptors (Lipinski definition) is 8. The first-order valence-corrected chi connectivity index (χ1v) is 13.6. The second-order valence-corrected chi connectivity index (χ2v) is 14.8. The molecule has 11 nitrogen and oxygen atoms in total. The minimum Gasteiger partial charge on any atom is -0.408 e. The number of nitrogens with one attached hydrogen (secondary N) is 2. The Morgan fingerprint density at radius 2 is 2.09 bits per heavy atom. The van der Waals surface area contributed by atoms with Gasteiger partial charge in [0.1, 0.15) is 12.2 Å². The third-order valence-corrected chi connectivity index (χ3v) is 10.8. The number of rotatable bonds is 6. The van der Waals surface area contributed by atoms with Crippen LogP contribution in [0.2, 0.25) is 18.1 Å². The van der Waals surface area contributed by atoms with E-state index in [-0.39, 0.29) is 40.6 Å². The van der Waals surface area contributed by atoms with Gasteiger partial charge in [0.05, 0.1) is 19.0 Å². The fraction of sp³-hybridized carbons (Fsp3) is 0.700. The van der Waals surface area contributed by atoms with Crippen molar-refractivity contribution < 1.29 is 19.1 Å². The van der Waals surface area contributed by atoms with Gasteiger partial charge in [0.2, 0.25) is 11.9 Å². The van der Waals surface area contributed by atoms with Crippen molar-refractivity contribution in [3.8, 4) is 0 Å². The van der Waals surface area contributed by atoms with E-state index in [1.54, 1.807) is 18.4 Å². The average Bonchev–Trinajstić information content (AvgIpc) is 3.22. The summed E-state index contributed by atoms with van der Waals surface area (Å²) in [5.74, 6) is -0.548. The van der Waals surface area contributed by atoms with Crippen molar-refractivity contribution in [1.82, 2.24) is 19.5 Å². The Morgan fingerprint density at radius 1 is 1.44 bits per heavy atom. The van der Waals surface area contributed by atoms with Crippen molar-refractivity contribution in [2.24, 2.45) is 11.7 Å². The minimum absolute atomic E-state index is 0.0193. The molecule has 1 aliphatic heterocycles. The molecule has 2 aromatic heterocycles. The van der Waals surface area contributed by atoms with Crippen LogP contribution in [0.5, 0.6) is 0 Å². The lowest BCUT2D eigenvalue weighted by molar-refractivity contribution is -0.118. The molecular formula is C20H34N6O5Si. The number of carbonyl (C=O) groups is 1. The van der Waals surface area contributed by atoms with Gasteiger partial charge in [0.15, 0.2) is 25.7 Å². The molecule has 0 aromatic carbocycles. The van der Waals surface area contributed by atoms with Gasteiger partial charge < -0.3 is 20.0 Å². The summed E-state index contributed by atoms with van der Waals surface area (Å²) in [6.07, 6.45) is -0.529. The number of aliphatic hydroxyl groups is 1. The van der Waals surface area contributed by atoms with Crippen molar-refractivity contribution in [3.63, 3.8) is 0 Å². The SMILES string of the molecule is CC(C)C(=O)Nc1nc2c(ncn2[C@@H]2O[C@H](CO)[C@H](N)[C@@H]2O[Si](C)(C)C(C)(C)C)c(=O)[nH]1. The molecule has 3 heterocycles. The highest BCUT2D eigenvalue weighted by atomic mass is 28.4. The predicted molar refractivity (Wildman–Crippen MR) is 123 cm³/mol. The largest absolute Gasteiger partial charge is 0.408 e. The zero-order valence-corrected chi connectivity index (χ0v) is 20.7. The van der Waals surface area contributed by atoms with Gasteiger partial charge in [-0.3, -0.25) is 24.5 Å². The van der Waals surface area contributed by atoms with Crippen LogP contribution in [-0.2, 0) is 14.0 Å². The molecule has 3 rings (SSSR count). The molecular weight excluding hydrogens is 432 g/mol. The van der Waals surface area contributed by atoms with Crippen LogP contribution in [0.4, 0.5) is 5.95 Å². The zero-order valence-electron chi connectivity index (χ0n) is 19.7. The van der Waals surface area contributed by atoms with E-state index in [1.165, 1.54) is 6.33 Å². The van der Waals surface area contributed by atoms with Crippen LogP contribution in [0.1, 0.15) is 40.8 Å². The summed E-state index contributed by atoms with van der Waals surface area (Å²) in [7, 11) is -2.25. The highest BCUT2D eigenvalue weighted by Crippen LogP contribution is 2.41. The van der Waals surface area contributed by atoms with Gasteiger partial charge in [-0.15, -0.1) is 0 Å². The van der Waals surface area contributed by atoms with Crippen LogP contribution in [0.15, 0.2) is 11.1 Å². The molecule has 0 spiro atoms. The smallest absolute Gasteiger partial charge is 0.280 e. The number of H-pyrrole nitrogens is 1. The summed E-state index contributed by atoms with van der Waals surface area (Å²) in [4.78, 5) is 35.8. The maximum atomic E-state index is 12.6. The number of ether oxygens (including phenoxy) is 1. The predicted octanol–water partition coefficient (Wildman–Crippen LogP) is 1.32. The number of aromatic nitrogens is 4. The lowest BCUT2D eigenvalue weighted by Gasteiger charge is -2.40. The van der Waals surface area contributed by atoms with Gasteiger partial charge >= 0.3 is 0 Å². The van der Waals surface area contributed by atoms with E-state index >= 15 is 0 Å². The number of anilines is 1. The molecule has 0 aliphatic carbocycles. The number of amides is 1. The summed E-state index contributed by atoms with van der Waals surface area (Å²) < 4.78 is 14.2. The maximum absolute atomic E-state index is 12.6. The molecule has 1 saturated heterocycles. The van der Waals surface area contributed by atoms with E-state index in [4.69, 9.17) is 14.9 Å². The molecule has 1 amide bonds. The van der Waals surface area contributed by atoms with Crippen LogP contribution in [0.25, 0.3) is 11.2 Å². The van der Waals surface area contributed by atoms with E-state index in [9.17, 15) is 14.7 Å². The summed E-state index contributed by atoms with van der Waals surface area (Å²) in [6, 6.07) is -0.585. The summed E-state index contributed by atoms with van der Waals surface area (Å²) in [6.45, 7) is 13.8. The Bertz CT molecular complexity index is 1040. The van der Waals surface area contributed by atoms with Crippen LogP contribution < -0.4 is 16.6 Å². The number of hydrogen-bond donors (Lipinski definition) is 4. The molecule has 4 atom stereocenters. The van der Waals surface area contributed by atoms with Gasteiger partial charge in [0, 0.05) is 5.92 Å². The standard InChI is InChI=1S/C20H34N6O5Si/c1-10(2)16(28)24-19-23-15-13(17(29)25-19)22-9-26(15)18-14(12(21)11(8-27)30-18)31-32(6,7)20(3,4)5/h9-12,14,18,27H,8,21H2,1-7H3,(H2,23,24,25,28,29)/t11-,12+,14+,18-/m1/s1. The topological polar surface area (TPSA) is 157 Å². The molecule has 0 radical (unpaired) electrons. The fourth-order valence-corrected chi connectivity index (χ4v) is 4.53. The lowest BCUT2D eigenvalue weighted by Crippen LogP contribution is -2.51. The summed E-state index contributed by atoms with van der Waals surface area (Å²) in [5, 5.41) is 12.3. The second-order valence-electron chi connectivity index (χ2n) is 10.1. The quantitative estimate of drug-likeness (QED) is 0.464. The van der Waals surface area contributed by atoms with E-state index in [2.05, 4.69) is 54.1 Å². The number of nitrogens with two attached hydrogens (primary N) is 1. The molecule has 1 aliphatic rings. The Balaban J connectivity index is 2.05. The molecule has 178 valence electrons. The first-order valence-electron chi connectivity index (χ1n) is 10.7. The highest BCUT2D eigenvalue weighted by Gasteiger charge is 2.49. The Labute approximate surface area is 187 Å². The van der Waals surface area contributed by atoms with Gasteiger partial charge in [-0.25, -0.2) is 4.98 Å². The van der Waals surface area contributed by atoms with E-state index in [0.29, 0.717) is 0 Å². The fourth-order valence-electron chi connectivity index (χ4n) is 3.22. The van der Waals surface area contributed by atoms with Gasteiger partial charge in [0.25, 0.3) is 5.56 Å². The van der Waals surface area contributed by atoms with Crippen molar-refractivity contribution in [2.75, 3.05) is 11.9 Å². The number of aromatic amines is 1. The van der Waals surface area contributed by atoms with E-state index in [0.717, 1.165) is 0 Å². The van der Waals surface area contributed by atoms with Crippen molar-refractivity contribution in [1.29, 1.82) is 0 Å². The van der Waals surface area contributed by atoms with Gasteiger partial charge in [-0.05, 0) is 18.1 Å². The molecule has 0 bridgehead atoms. The first-order chi connectivity index (χ1) is 14.8. The third-order valence-electron chi connectivity index (χ3n) is 6.29. The number of fused-ring (bicyclic) bond motifs is 1. The Morgan fingerprint density at radius 3 is 2.66 bits per heavy atom. The average molecular weight is 467 g/mol. The third kappa shape index (κ3) is 4.50. The summed E-state index contributed by atoms with van der Waals surface area (Å²) in [5.41, 5.74) is 6.26. The Kier molecular flexibility index (Phi) is 6.64. The second kappa shape index (κ2) is 8.67. The number of aliphatic hydroxyl groups excluding tert-OH is 1. The van der Waals surface area contributed by atoms with Crippen LogP contribution >= 0.6 is 0 Å². The molecule has 12 heteroatoms. The van der Waals surface area contributed by atoms with Crippen LogP contribution in [0.3, 0.4) is 0 Å². The molecule has 0 saturated carbocycles. The zero-order chi connectivity index (χ0) is 24.0. The van der Waals surface area contributed by atoms with E-state index < -0.39 is 38.4 Å². The monoisotopic (exact) mass is 466 g/mol. The number of imidazole rings is 1. The van der Waals surface area contributed by atoms with Crippen LogP contribution in [-0.4, -0.2) is 63.7 Å². The molecule has 0 unspecified atom stereocenters. The van der Waals surface area contributed by atoms with Gasteiger partial charge in [-0.1, -0.05) is 34.6 Å². The first kappa shape index (κ1) is 24.5. The molecule has 1 fully saturated rings. The minimum atomic E-state index is -2.25. The Hall–Kier alpha value is -2.12. The maximum Gasteiger partial charge on any atom is 0.280 e. The van der Waals surface area contributed by atoms with Crippen molar-refractivity contribution >= 4 is 31.3 Å². The lowest BCUT2D eigenvalue weighted by atomic mass is 10.1. The highest BCUT2D eigenvalue weighted by molar-refractivity contribution is 6.74. The normalized spacial score (nSPS) is 24.4. The summed E-state index contributed by atoms with van der Waals surface area (Å²) >= 11 is 0.